The number of methoxy groups -OCH3 is 1. The highest BCUT2D eigenvalue weighted by molar-refractivity contribution is 5.88. The topological polar surface area (TPSA) is 59.1 Å². The van der Waals surface area contributed by atoms with Gasteiger partial charge in [-0.15, -0.1) is 0 Å². The molecule has 0 fully saturated rings. The Morgan fingerprint density at radius 3 is 2.90 bits per heavy atom. The molecule has 0 amide bonds. The fraction of sp³-hybridized carbons (Fsp3) is 0.333. The van der Waals surface area contributed by atoms with E-state index in [9.17, 15) is 0 Å². The van der Waals surface area contributed by atoms with Crippen LogP contribution in [-0.2, 0) is 4.74 Å². The zero-order chi connectivity index (χ0) is 7.56. The van der Waals surface area contributed by atoms with Gasteiger partial charge in [0, 0.05) is 6.92 Å². The minimum atomic E-state index is 0.0249. The maximum absolute atomic E-state index is 7.15. The molecular weight excluding hydrogens is 132 g/mol. The van der Waals surface area contributed by atoms with Crippen LogP contribution in [0.3, 0.4) is 0 Å². The van der Waals surface area contributed by atoms with Crippen LogP contribution in [0.1, 0.15) is 11.6 Å². The Morgan fingerprint density at radius 1 is 1.80 bits per heavy atom. The Balaban J connectivity index is 2.85. The minimum Gasteiger partial charge on any atom is -0.480 e. The molecule has 10 heavy (non-hydrogen) atoms. The van der Waals surface area contributed by atoms with Crippen LogP contribution in [0.25, 0.3) is 0 Å². The predicted octanol–water partition coefficient (Wildman–Crippen LogP) is 0.955. The Kier molecular flexibility index (Phi) is 1.71. The molecule has 1 aromatic rings. The SMILES string of the molecule is COC(=N)c1coc(C)n1. The number of aryl methyl sites for hydroxylation is 1. The van der Waals surface area contributed by atoms with Crippen molar-refractivity contribution in [3.63, 3.8) is 0 Å². The average Bonchev–Trinajstić information content (AvgIpc) is 2.34. The van der Waals surface area contributed by atoms with E-state index in [1.54, 1.807) is 6.92 Å². The second kappa shape index (κ2) is 2.51. The normalized spacial score (nSPS) is 9.40. The molecule has 54 valence electrons. The lowest BCUT2D eigenvalue weighted by molar-refractivity contribution is 0.399. The van der Waals surface area contributed by atoms with Gasteiger partial charge in [0.2, 0.25) is 5.90 Å². The lowest BCUT2D eigenvalue weighted by atomic mass is 10.5. The van der Waals surface area contributed by atoms with Gasteiger partial charge in [0.15, 0.2) is 11.6 Å². The van der Waals surface area contributed by atoms with Crippen LogP contribution in [0.4, 0.5) is 0 Å². The van der Waals surface area contributed by atoms with Crippen molar-refractivity contribution < 1.29 is 9.15 Å². The van der Waals surface area contributed by atoms with Gasteiger partial charge in [0.25, 0.3) is 0 Å². The zero-order valence-electron chi connectivity index (χ0n) is 5.84. The van der Waals surface area contributed by atoms with Crippen LogP contribution in [0.15, 0.2) is 10.7 Å². The van der Waals surface area contributed by atoms with Crippen molar-refractivity contribution in [3.8, 4) is 0 Å². The van der Waals surface area contributed by atoms with Crippen LogP contribution >= 0.6 is 0 Å². The fourth-order valence-electron chi connectivity index (χ4n) is 0.572. The molecule has 4 nitrogen and oxygen atoms in total. The van der Waals surface area contributed by atoms with Crippen molar-refractivity contribution in [2.24, 2.45) is 0 Å². The van der Waals surface area contributed by atoms with E-state index in [2.05, 4.69) is 9.72 Å². The lowest BCUT2D eigenvalue weighted by Crippen LogP contribution is -2.00. The van der Waals surface area contributed by atoms with E-state index in [1.165, 1.54) is 13.4 Å². The van der Waals surface area contributed by atoms with Gasteiger partial charge in [0.1, 0.15) is 6.26 Å². The standard InChI is InChI=1S/C6H8N2O2/c1-4-8-5(3-10-4)6(7)9-2/h3,7H,1-2H3. The Hall–Kier alpha value is -1.32. The molecule has 1 rings (SSSR count). The van der Waals surface area contributed by atoms with Crippen molar-refractivity contribution in [2.75, 3.05) is 7.11 Å². The average molecular weight is 140 g/mol. The first-order valence-corrected chi connectivity index (χ1v) is 2.79. The molecular formula is C6H8N2O2. The number of hydrogen-bond donors (Lipinski definition) is 1. The van der Waals surface area contributed by atoms with E-state index in [0.717, 1.165) is 0 Å². The summed E-state index contributed by atoms with van der Waals surface area (Å²) in [6, 6.07) is 0. The molecule has 0 saturated carbocycles. The van der Waals surface area contributed by atoms with E-state index >= 15 is 0 Å². The third kappa shape index (κ3) is 1.15. The van der Waals surface area contributed by atoms with E-state index in [4.69, 9.17) is 9.83 Å². The van der Waals surface area contributed by atoms with Crippen LogP contribution in [0.5, 0.6) is 0 Å². The first kappa shape index (κ1) is 6.80. The van der Waals surface area contributed by atoms with Gasteiger partial charge in [-0.3, -0.25) is 5.41 Å². The summed E-state index contributed by atoms with van der Waals surface area (Å²) in [6.45, 7) is 1.71. The summed E-state index contributed by atoms with van der Waals surface area (Å²) in [5.74, 6) is 0.564. The smallest absolute Gasteiger partial charge is 0.235 e. The fourth-order valence-corrected chi connectivity index (χ4v) is 0.572. The highest BCUT2D eigenvalue weighted by atomic mass is 16.5. The van der Waals surface area contributed by atoms with Gasteiger partial charge in [-0.1, -0.05) is 0 Å². The summed E-state index contributed by atoms with van der Waals surface area (Å²) in [4.78, 5) is 3.87. The first-order valence-electron chi connectivity index (χ1n) is 2.79. The van der Waals surface area contributed by atoms with Crippen molar-refractivity contribution >= 4 is 5.90 Å². The summed E-state index contributed by atoms with van der Waals surface area (Å²) in [7, 11) is 1.42. The molecule has 1 aromatic heterocycles. The van der Waals surface area contributed by atoms with Gasteiger partial charge < -0.3 is 9.15 Å². The van der Waals surface area contributed by atoms with Gasteiger partial charge >= 0.3 is 0 Å². The number of ether oxygens (including phenoxy) is 1. The summed E-state index contributed by atoms with van der Waals surface area (Å²) in [5.41, 5.74) is 0.431. The van der Waals surface area contributed by atoms with Crippen molar-refractivity contribution in [2.45, 2.75) is 6.92 Å². The molecule has 1 N–H and O–H groups in total. The molecule has 0 atom stereocenters. The highest BCUT2D eigenvalue weighted by Crippen LogP contribution is 2.00. The molecule has 0 spiro atoms. The molecule has 0 aliphatic carbocycles. The van der Waals surface area contributed by atoms with Crippen LogP contribution in [0, 0.1) is 12.3 Å². The number of nitrogens with one attached hydrogen (secondary N) is 1. The molecule has 4 heteroatoms. The minimum absolute atomic E-state index is 0.0249. The molecule has 0 aliphatic rings. The maximum atomic E-state index is 7.15. The first-order chi connectivity index (χ1) is 4.74. The number of hydrogen-bond acceptors (Lipinski definition) is 4. The Labute approximate surface area is 58.3 Å². The Morgan fingerprint density at radius 2 is 2.50 bits per heavy atom. The van der Waals surface area contributed by atoms with Gasteiger partial charge in [-0.2, -0.15) is 0 Å². The number of rotatable bonds is 1. The van der Waals surface area contributed by atoms with Crippen molar-refractivity contribution in [1.82, 2.24) is 4.98 Å². The predicted molar refractivity (Wildman–Crippen MR) is 35.1 cm³/mol. The largest absolute Gasteiger partial charge is 0.480 e. The molecule has 0 aromatic carbocycles. The third-order valence-electron chi connectivity index (χ3n) is 1.06. The molecule has 1 heterocycles. The van der Waals surface area contributed by atoms with Gasteiger partial charge in [-0.25, -0.2) is 4.98 Å². The number of aromatic nitrogens is 1. The third-order valence-corrected chi connectivity index (χ3v) is 1.06. The van der Waals surface area contributed by atoms with Crippen LogP contribution < -0.4 is 0 Å². The van der Waals surface area contributed by atoms with Crippen LogP contribution in [0.2, 0.25) is 0 Å². The highest BCUT2D eigenvalue weighted by Gasteiger charge is 2.04. The van der Waals surface area contributed by atoms with Crippen molar-refractivity contribution in [3.05, 3.63) is 17.8 Å². The summed E-state index contributed by atoms with van der Waals surface area (Å²) in [5, 5.41) is 7.15. The molecule has 0 aliphatic heterocycles. The van der Waals surface area contributed by atoms with Gasteiger partial charge in [0.05, 0.1) is 7.11 Å². The molecule has 0 radical (unpaired) electrons. The van der Waals surface area contributed by atoms with E-state index in [0.29, 0.717) is 11.6 Å². The second-order valence-electron chi connectivity index (χ2n) is 1.79. The Bertz CT molecular complexity index is 242. The van der Waals surface area contributed by atoms with E-state index in [1.807, 2.05) is 0 Å². The monoisotopic (exact) mass is 140 g/mol. The molecule has 0 unspecified atom stereocenters. The summed E-state index contributed by atoms with van der Waals surface area (Å²) < 4.78 is 9.47. The van der Waals surface area contributed by atoms with Crippen molar-refractivity contribution in [1.29, 1.82) is 5.41 Å². The molecule has 0 bridgehead atoms. The second-order valence-corrected chi connectivity index (χ2v) is 1.79. The summed E-state index contributed by atoms with van der Waals surface area (Å²) >= 11 is 0. The molecule has 0 saturated heterocycles. The van der Waals surface area contributed by atoms with Crippen LogP contribution in [-0.4, -0.2) is 18.0 Å². The van der Waals surface area contributed by atoms with Gasteiger partial charge in [-0.05, 0) is 0 Å². The summed E-state index contributed by atoms with van der Waals surface area (Å²) in [6.07, 6.45) is 1.39. The maximum Gasteiger partial charge on any atom is 0.235 e. The quantitative estimate of drug-likeness (QED) is 0.466. The van der Waals surface area contributed by atoms with E-state index in [-0.39, 0.29) is 5.90 Å². The number of oxazole rings is 1. The zero-order valence-corrected chi connectivity index (χ0v) is 5.84. The number of nitrogens with zero attached hydrogens (tertiary/aromatic N) is 1. The van der Waals surface area contributed by atoms with E-state index < -0.39 is 0 Å². The lowest BCUT2D eigenvalue weighted by Gasteiger charge is -1.92.